The van der Waals surface area contributed by atoms with Crippen LogP contribution in [0.15, 0.2) is 21.7 Å². The quantitative estimate of drug-likeness (QED) is 0.708. The Morgan fingerprint density at radius 1 is 1.45 bits per heavy atom. The van der Waals surface area contributed by atoms with E-state index in [2.05, 4.69) is 0 Å². The lowest BCUT2D eigenvalue weighted by Crippen LogP contribution is -2.24. The van der Waals surface area contributed by atoms with Crippen molar-refractivity contribution in [3.63, 3.8) is 0 Å². The fraction of sp³-hybridized carbons (Fsp3) is 0.615. The maximum absolute atomic E-state index is 12.1. The zero-order valence-electron chi connectivity index (χ0n) is 10.1. The van der Waals surface area contributed by atoms with E-state index in [0.29, 0.717) is 0 Å². The van der Waals surface area contributed by atoms with E-state index in [-0.39, 0.29) is 37.7 Å². The standard InChI is InChI=1S/C11H15ClO4S2.2CH4/c1-8(13)6-9(16-2)7-10(12)18(14,15)11-4-3-5-17-11;;/h3-5,9-10H,6-7H2,1-2H3;2*1H4. The van der Waals surface area contributed by atoms with Gasteiger partial charge in [0, 0.05) is 20.0 Å². The van der Waals surface area contributed by atoms with E-state index in [1.54, 1.807) is 11.4 Å². The first-order valence-electron chi connectivity index (χ1n) is 5.31. The van der Waals surface area contributed by atoms with Crippen LogP contribution in [0.3, 0.4) is 0 Å². The van der Waals surface area contributed by atoms with Gasteiger partial charge in [0.05, 0.1) is 6.10 Å². The van der Waals surface area contributed by atoms with E-state index in [4.69, 9.17) is 16.3 Å². The maximum Gasteiger partial charge on any atom is 0.204 e. The lowest BCUT2D eigenvalue weighted by molar-refractivity contribution is -0.119. The molecule has 2 atom stereocenters. The first-order valence-corrected chi connectivity index (χ1v) is 8.18. The molecule has 0 aromatic carbocycles. The highest BCUT2D eigenvalue weighted by molar-refractivity contribution is 7.95. The van der Waals surface area contributed by atoms with Crippen LogP contribution in [0.4, 0.5) is 0 Å². The molecule has 0 saturated heterocycles. The highest BCUT2D eigenvalue weighted by Gasteiger charge is 2.29. The van der Waals surface area contributed by atoms with Crippen molar-refractivity contribution in [2.75, 3.05) is 7.11 Å². The third-order valence-electron chi connectivity index (χ3n) is 2.41. The number of ketones is 1. The van der Waals surface area contributed by atoms with Crippen LogP contribution in [-0.2, 0) is 19.4 Å². The minimum Gasteiger partial charge on any atom is -0.381 e. The lowest BCUT2D eigenvalue weighted by Gasteiger charge is -2.17. The largest absolute Gasteiger partial charge is 0.381 e. The van der Waals surface area contributed by atoms with Gasteiger partial charge in [-0.1, -0.05) is 20.9 Å². The van der Waals surface area contributed by atoms with Crippen molar-refractivity contribution in [1.82, 2.24) is 0 Å². The monoisotopic (exact) mass is 342 g/mol. The van der Waals surface area contributed by atoms with Crippen LogP contribution in [0.5, 0.6) is 0 Å². The molecule has 0 N–H and O–H groups in total. The highest BCUT2D eigenvalue weighted by Crippen LogP contribution is 2.27. The molecule has 4 nitrogen and oxygen atoms in total. The Morgan fingerprint density at radius 2 is 2.05 bits per heavy atom. The Bertz CT molecular complexity index is 482. The molecule has 7 heteroatoms. The van der Waals surface area contributed by atoms with Gasteiger partial charge < -0.3 is 4.74 Å². The highest BCUT2D eigenvalue weighted by atomic mass is 35.5. The van der Waals surface area contributed by atoms with Crippen molar-refractivity contribution in [2.24, 2.45) is 0 Å². The van der Waals surface area contributed by atoms with Crippen molar-refractivity contribution in [3.8, 4) is 0 Å². The summed E-state index contributed by atoms with van der Waals surface area (Å²) in [5, 5.41) is 1.68. The molecule has 1 heterocycles. The summed E-state index contributed by atoms with van der Waals surface area (Å²) in [7, 11) is -2.10. The number of carbonyl (C=O) groups is 1. The SMILES string of the molecule is C.C.COC(CC(C)=O)CC(Cl)S(=O)(=O)c1cccs1. The van der Waals surface area contributed by atoms with Crippen LogP contribution in [0.2, 0.25) is 0 Å². The molecule has 1 aromatic rings. The van der Waals surface area contributed by atoms with E-state index < -0.39 is 20.7 Å². The topological polar surface area (TPSA) is 60.4 Å². The second kappa shape index (κ2) is 9.50. The molecule has 0 aliphatic carbocycles. The van der Waals surface area contributed by atoms with Crippen LogP contribution >= 0.6 is 22.9 Å². The van der Waals surface area contributed by atoms with Crippen LogP contribution < -0.4 is 0 Å². The molecule has 1 rings (SSSR count). The van der Waals surface area contributed by atoms with Crippen molar-refractivity contribution in [2.45, 2.75) is 49.6 Å². The van der Waals surface area contributed by atoms with Crippen LogP contribution in [-0.4, -0.2) is 32.1 Å². The smallest absolute Gasteiger partial charge is 0.204 e. The average Bonchev–Trinajstić information content (AvgIpc) is 2.81. The molecule has 2 unspecified atom stereocenters. The molecular weight excluding hydrogens is 320 g/mol. The van der Waals surface area contributed by atoms with Gasteiger partial charge in [-0.25, -0.2) is 8.42 Å². The van der Waals surface area contributed by atoms with Gasteiger partial charge in [0.2, 0.25) is 9.84 Å². The number of hydrogen-bond donors (Lipinski definition) is 0. The average molecular weight is 343 g/mol. The van der Waals surface area contributed by atoms with E-state index in [9.17, 15) is 13.2 Å². The van der Waals surface area contributed by atoms with E-state index in [1.165, 1.54) is 20.1 Å². The molecule has 0 amide bonds. The molecule has 0 aliphatic rings. The number of ether oxygens (including phenoxy) is 1. The third-order valence-corrected chi connectivity index (χ3v) is 6.50. The van der Waals surface area contributed by atoms with Gasteiger partial charge in [-0.15, -0.1) is 22.9 Å². The molecule has 118 valence electrons. The summed E-state index contributed by atoms with van der Waals surface area (Å²) in [4.78, 5) is 11.0. The molecular formula is C13H23ClO4S2. The Kier molecular flexibility index (Phi) is 10.4. The normalized spacial score (nSPS) is 13.8. The summed E-state index contributed by atoms with van der Waals surface area (Å²) in [5.74, 6) is -0.0563. The lowest BCUT2D eigenvalue weighted by atomic mass is 10.1. The number of Topliss-reactive ketones (excluding diaryl/α,β-unsaturated/α-hetero) is 1. The zero-order valence-corrected chi connectivity index (χ0v) is 12.5. The van der Waals surface area contributed by atoms with E-state index in [1.807, 2.05) is 0 Å². The first kappa shape index (κ1) is 21.9. The van der Waals surface area contributed by atoms with Crippen LogP contribution in [0.25, 0.3) is 0 Å². The van der Waals surface area contributed by atoms with Gasteiger partial charge in [0.15, 0.2) is 0 Å². The van der Waals surface area contributed by atoms with Crippen LogP contribution in [0, 0.1) is 0 Å². The molecule has 0 aliphatic heterocycles. The number of hydrogen-bond acceptors (Lipinski definition) is 5. The summed E-state index contributed by atoms with van der Waals surface area (Å²) in [6.07, 6.45) is -0.211. The summed E-state index contributed by atoms with van der Waals surface area (Å²) in [6, 6.07) is 3.17. The van der Waals surface area contributed by atoms with Crippen molar-refractivity contribution < 1.29 is 17.9 Å². The first-order chi connectivity index (χ1) is 8.37. The van der Waals surface area contributed by atoms with Gasteiger partial charge in [-0.05, 0) is 18.4 Å². The predicted molar refractivity (Wildman–Crippen MR) is 85.3 cm³/mol. The Morgan fingerprint density at radius 3 is 2.45 bits per heavy atom. The molecule has 0 radical (unpaired) electrons. The molecule has 0 fully saturated rings. The Balaban J connectivity index is 0. The number of methoxy groups -OCH3 is 1. The number of rotatable bonds is 7. The maximum atomic E-state index is 12.1. The van der Waals surface area contributed by atoms with Gasteiger partial charge in [0.1, 0.15) is 14.7 Å². The zero-order chi connectivity index (χ0) is 13.8. The van der Waals surface area contributed by atoms with E-state index >= 15 is 0 Å². The summed E-state index contributed by atoms with van der Waals surface area (Å²) in [5.41, 5.74) is 0. The summed E-state index contributed by atoms with van der Waals surface area (Å²) < 4.78 is 28.4. The number of halogens is 1. The molecule has 0 spiro atoms. The fourth-order valence-electron chi connectivity index (χ4n) is 1.47. The van der Waals surface area contributed by atoms with Crippen molar-refractivity contribution in [3.05, 3.63) is 17.5 Å². The summed E-state index contributed by atoms with van der Waals surface area (Å²) in [6.45, 7) is 1.43. The minimum atomic E-state index is -3.54. The Hall–Kier alpha value is -0.430. The van der Waals surface area contributed by atoms with E-state index in [0.717, 1.165) is 11.3 Å². The molecule has 0 saturated carbocycles. The number of sulfone groups is 1. The molecule has 1 aromatic heterocycles. The van der Waals surface area contributed by atoms with Gasteiger partial charge in [0.25, 0.3) is 0 Å². The van der Waals surface area contributed by atoms with Crippen LogP contribution in [0.1, 0.15) is 34.6 Å². The second-order valence-corrected chi connectivity index (χ2v) is 7.98. The third kappa shape index (κ3) is 5.91. The minimum absolute atomic E-state index is 0. The number of alkyl halides is 1. The molecule has 0 bridgehead atoms. The number of thiophene rings is 1. The van der Waals surface area contributed by atoms with Gasteiger partial charge >= 0.3 is 0 Å². The summed E-state index contributed by atoms with van der Waals surface area (Å²) >= 11 is 7.07. The predicted octanol–water partition coefficient (Wildman–Crippen LogP) is 3.74. The number of carbonyl (C=O) groups excluding carboxylic acids is 1. The van der Waals surface area contributed by atoms with Crippen molar-refractivity contribution >= 4 is 38.6 Å². The van der Waals surface area contributed by atoms with Gasteiger partial charge in [-0.3, -0.25) is 4.79 Å². The second-order valence-electron chi connectivity index (χ2n) is 3.89. The van der Waals surface area contributed by atoms with Crippen molar-refractivity contribution in [1.29, 1.82) is 0 Å². The van der Waals surface area contributed by atoms with Gasteiger partial charge in [-0.2, -0.15) is 0 Å². The Labute approximate surface area is 131 Å². The fourth-order valence-corrected chi connectivity index (χ4v) is 4.60. The molecule has 20 heavy (non-hydrogen) atoms.